The van der Waals surface area contributed by atoms with Gasteiger partial charge in [-0.25, -0.2) is 0 Å². The van der Waals surface area contributed by atoms with Gasteiger partial charge in [0.25, 0.3) is 0 Å². The van der Waals surface area contributed by atoms with Crippen LogP contribution in [0.2, 0.25) is 0 Å². The predicted molar refractivity (Wildman–Crippen MR) is 101 cm³/mol. The number of rotatable bonds is 4. The van der Waals surface area contributed by atoms with E-state index in [1.54, 1.807) is 0 Å². The van der Waals surface area contributed by atoms with Gasteiger partial charge < -0.3 is 16.0 Å². The molecule has 1 saturated heterocycles. The largest absolute Gasteiger partial charge is 0.369 e. The molecule has 2 unspecified atom stereocenters. The van der Waals surface area contributed by atoms with Gasteiger partial charge in [-0.15, -0.1) is 0 Å². The van der Waals surface area contributed by atoms with Crippen LogP contribution < -0.4 is 16.0 Å². The molecule has 2 aliphatic rings. The van der Waals surface area contributed by atoms with E-state index in [-0.39, 0.29) is 29.6 Å². The molecule has 26 heavy (non-hydrogen) atoms. The van der Waals surface area contributed by atoms with Crippen LogP contribution in [0, 0.1) is 11.8 Å². The first-order valence-electron chi connectivity index (χ1n) is 9.57. The first kappa shape index (κ1) is 18.4. The van der Waals surface area contributed by atoms with Gasteiger partial charge in [0.15, 0.2) is 0 Å². The molecule has 1 aromatic rings. The van der Waals surface area contributed by atoms with Crippen molar-refractivity contribution in [2.75, 3.05) is 16.8 Å². The van der Waals surface area contributed by atoms with Gasteiger partial charge in [-0.05, 0) is 49.9 Å². The smallest absolute Gasteiger partial charge is 0.228 e. The van der Waals surface area contributed by atoms with E-state index in [0.29, 0.717) is 24.9 Å². The monoisotopic (exact) mass is 357 g/mol. The van der Waals surface area contributed by atoms with Gasteiger partial charge >= 0.3 is 0 Å². The molecule has 2 fully saturated rings. The van der Waals surface area contributed by atoms with Crippen LogP contribution >= 0.6 is 0 Å². The summed E-state index contributed by atoms with van der Waals surface area (Å²) in [6, 6.07) is 7.36. The summed E-state index contributed by atoms with van der Waals surface area (Å²) < 4.78 is 0. The van der Waals surface area contributed by atoms with E-state index in [1.807, 2.05) is 29.2 Å². The van der Waals surface area contributed by atoms with Gasteiger partial charge in [0.2, 0.25) is 17.7 Å². The Hall–Kier alpha value is -2.37. The summed E-state index contributed by atoms with van der Waals surface area (Å²) in [5.41, 5.74) is 7.00. The Kier molecular flexibility index (Phi) is 5.91. The zero-order chi connectivity index (χ0) is 18.5. The fourth-order valence-corrected chi connectivity index (χ4v) is 4.00. The number of nitrogens with zero attached hydrogens (tertiary/aromatic N) is 1. The summed E-state index contributed by atoms with van der Waals surface area (Å²) in [7, 11) is 0. The SMILES string of the molecule is NC(=O)C1CCCCC1C(=O)Nc1ccc(N2CCCCCC2=O)cc1. The lowest BCUT2D eigenvalue weighted by molar-refractivity contribution is -0.131. The molecule has 0 aromatic heterocycles. The Balaban J connectivity index is 1.66. The summed E-state index contributed by atoms with van der Waals surface area (Å²) in [4.78, 5) is 38.2. The number of amides is 3. The topological polar surface area (TPSA) is 92.5 Å². The molecule has 1 aliphatic carbocycles. The van der Waals surface area contributed by atoms with E-state index in [4.69, 9.17) is 5.73 Å². The zero-order valence-corrected chi connectivity index (χ0v) is 15.1. The number of benzene rings is 1. The molecule has 6 nitrogen and oxygen atoms in total. The highest BCUT2D eigenvalue weighted by Crippen LogP contribution is 2.31. The Labute approximate surface area is 154 Å². The molecule has 1 aromatic carbocycles. The van der Waals surface area contributed by atoms with Crippen molar-refractivity contribution in [2.45, 2.75) is 51.4 Å². The Morgan fingerprint density at radius 3 is 2.35 bits per heavy atom. The van der Waals surface area contributed by atoms with E-state index in [1.165, 1.54) is 0 Å². The first-order chi connectivity index (χ1) is 12.6. The molecule has 3 N–H and O–H groups in total. The van der Waals surface area contributed by atoms with Crippen LogP contribution in [0.25, 0.3) is 0 Å². The second-order valence-electron chi connectivity index (χ2n) is 7.29. The Bertz CT molecular complexity index is 671. The highest BCUT2D eigenvalue weighted by atomic mass is 16.2. The number of carbonyl (C=O) groups excluding carboxylic acids is 3. The molecule has 3 rings (SSSR count). The summed E-state index contributed by atoms with van der Waals surface area (Å²) in [6.45, 7) is 0.743. The van der Waals surface area contributed by atoms with Gasteiger partial charge in [-0.1, -0.05) is 19.3 Å². The van der Waals surface area contributed by atoms with Crippen molar-refractivity contribution in [2.24, 2.45) is 17.6 Å². The van der Waals surface area contributed by atoms with Crippen LogP contribution in [0.5, 0.6) is 0 Å². The third-order valence-corrected chi connectivity index (χ3v) is 5.49. The van der Waals surface area contributed by atoms with E-state index in [2.05, 4.69) is 5.32 Å². The zero-order valence-electron chi connectivity index (χ0n) is 15.1. The van der Waals surface area contributed by atoms with Crippen molar-refractivity contribution in [3.05, 3.63) is 24.3 Å². The number of carbonyl (C=O) groups is 3. The summed E-state index contributed by atoms with van der Waals surface area (Å²) in [5.74, 6) is -1.11. The fourth-order valence-electron chi connectivity index (χ4n) is 4.00. The number of anilines is 2. The van der Waals surface area contributed by atoms with E-state index < -0.39 is 0 Å². The molecule has 0 spiro atoms. The fraction of sp³-hybridized carbons (Fsp3) is 0.550. The number of hydrogen-bond acceptors (Lipinski definition) is 3. The minimum absolute atomic E-state index is 0.146. The summed E-state index contributed by atoms with van der Waals surface area (Å²) in [5, 5.41) is 2.90. The van der Waals surface area contributed by atoms with Crippen LogP contribution in [0.1, 0.15) is 51.4 Å². The van der Waals surface area contributed by atoms with Crippen LogP contribution in [0.15, 0.2) is 24.3 Å². The summed E-state index contributed by atoms with van der Waals surface area (Å²) >= 11 is 0. The molecule has 1 heterocycles. The number of nitrogens with two attached hydrogens (primary N) is 1. The van der Waals surface area contributed by atoms with E-state index in [9.17, 15) is 14.4 Å². The quantitative estimate of drug-likeness (QED) is 0.868. The van der Waals surface area contributed by atoms with Gasteiger partial charge in [0, 0.05) is 36.2 Å². The van der Waals surface area contributed by atoms with Crippen molar-refractivity contribution >= 4 is 29.1 Å². The molecule has 3 amide bonds. The van der Waals surface area contributed by atoms with Gasteiger partial charge in [-0.3, -0.25) is 14.4 Å². The van der Waals surface area contributed by atoms with Gasteiger partial charge in [0.1, 0.15) is 0 Å². The lowest BCUT2D eigenvalue weighted by Crippen LogP contribution is -2.39. The average Bonchev–Trinajstić information content (AvgIpc) is 2.87. The van der Waals surface area contributed by atoms with E-state index in [0.717, 1.165) is 44.3 Å². The van der Waals surface area contributed by atoms with Crippen molar-refractivity contribution in [3.8, 4) is 0 Å². The Morgan fingerprint density at radius 2 is 1.65 bits per heavy atom. The highest BCUT2D eigenvalue weighted by molar-refractivity contribution is 5.97. The second-order valence-corrected chi connectivity index (χ2v) is 7.29. The molecule has 2 atom stereocenters. The molecular weight excluding hydrogens is 330 g/mol. The first-order valence-corrected chi connectivity index (χ1v) is 9.57. The maximum atomic E-state index is 12.6. The molecule has 6 heteroatoms. The van der Waals surface area contributed by atoms with Crippen LogP contribution in [0.3, 0.4) is 0 Å². The lowest BCUT2D eigenvalue weighted by atomic mass is 9.78. The van der Waals surface area contributed by atoms with Crippen molar-refractivity contribution in [1.82, 2.24) is 0 Å². The predicted octanol–water partition coefficient (Wildman–Crippen LogP) is 2.82. The van der Waals surface area contributed by atoms with Crippen molar-refractivity contribution < 1.29 is 14.4 Å². The minimum Gasteiger partial charge on any atom is -0.369 e. The van der Waals surface area contributed by atoms with Gasteiger partial charge in [-0.2, -0.15) is 0 Å². The number of primary amides is 1. The van der Waals surface area contributed by atoms with E-state index >= 15 is 0 Å². The lowest BCUT2D eigenvalue weighted by Gasteiger charge is -2.28. The second kappa shape index (κ2) is 8.34. The Morgan fingerprint density at radius 1 is 0.962 bits per heavy atom. The van der Waals surface area contributed by atoms with Crippen molar-refractivity contribution in [1.29, 1.82) is 0 Å². The minimum atomic E-state index is -0.389. The van der Waals surface area contributed by atoms with Crippen molar-refractivity contribution in [3.63, 3.8) is 0 Å². The maximum Gasteiger partial charge on any atom is 0.228 e. The molecule has 1 saturated carbocycles. The normalized spacial score (nSPS) is 24.0. The molecular formula is C20H27N3O3. The standard InChI is InChI=1S/C20H27N3O3/c21-19(25)16-6-3-4-7-17(16)20(26)22-14-9-11-15(12-10-14)23-13-5-1-2-8-18(23)24/h9-12,16-17H,1-8,13H2,(H2,21,25)(H,22,26). The van der Waals surface area contributed by atoms with Gasteiger partial charge in [0.05, 0.1) is 0 Å². The van der Waals surface area contributed by atoms with Crippen LogP contribution in [0.4, 0.5) is 11.4 Å². The average molecular weight is 357 g/mol. The molecule has 0 bridgehead atoms. The maximum absolute atomic E-state index is 12.6. The third kappa shape index (κ3) is 4.23. The molecule has 0 radical (unpaired) electrons. The number of hydrogen-bond donors (Lipinski definition) is 2. The molecule has 140 valence electrons. The highest BCUT2D eigenvalue weighted by Gasteiger charge is 2.34. The summed E-state index contributed by atoms with van der Waals surface area (Å²) in [6.07, 6.45) is 6.90. The molecule has 1 aliphatic heterocycles. The van der Waals surface area contributed by atoms with Crippen LogP contribution in [-0.2, 0) is 14.4 Å². The van der Waals surface area contributed by atoms with Crippen LogP contribution in [-0.4, -0.2) is 24.3 Å². The third-order valence-electron chi connectivity index (χ3n) is 5.49. The number of nitrogens with one attached hydrogen (secondary N) is 1.